The van der Waals surface area contributed by atoms with E-state index in [0.717, 1.165) is 6.42 Å². The zero-order chi connectivity index (χ0) is 3.41. The molecule has 0 aromatic carbocycles. The summed E-state index contributed by atoms with van der Waals surface area (Å²) in [5, 5.41) is 0. The van der Waals surface area contributed by atoms with Gasteiger partial charge in [-0.3, -0.25) is 0 Å². The predicted molar refractivity (Wildman–Crippen MR) is 26.7 cm³/mol. The van der Waals surface area contributed by atoms with Gasteiger partial charge in [-0.05, 0) is 0 Å². The van der Waals surface area contributed by atoms with Gasteiger partial charge in [0.15, 0.2) is 0 Å². The zero-order valence-electron chi connectivity index (χ0n) is 4.53. The van der Waals surface area contributed by atoms with E-state index in [9.17, 15) is 0 Å². The molecule has 0 heterocycles. The quantitative estimate of drug-likeness (QED) is 0.630. The summed E-state index contributed by atoms with van der Waals surface area (Å²) < 4.78 is 0. The molecule has 0 fully saturated rings. The van der Waals surface area contributed by atoms with Crippen LogP contribution in [0.15, 0.2) is 0 Å². The number of hydrogen-bond acceptors (Lipinski definition) is 0. The molecule has 0 aromatic rings. The Balaban J connectivity index is -0.0000000450. The van der Waals surface area contributed by atoms with Crippen LogP contribution < -0.4 is 0 Å². The Bertz CT molecular complexity index is 5.90. The average molecular weight is 256 g/mol. The van der Waals surface area contributed by atoms with Crippen molar-refractivity contribution in [3.63, 3.8) is 0 Å². The van der Waals surface area contributed by atoms with Crippen molar-refractivity contribution < 1.29 is 21.1 Å². The van der Waals surface area contributed by atoms with E-state index in [4.69, 9.17) is 0 Å². The van der Waals surface area contributed by atoms with Crippen molar-refractivity contribution >= 4 is 0 Å². The third-order valence-electron chi connectivity index (χ3n) is 0.354. The third kappa shape index (κ3) is 22.4. The molecule has 0 aromatic heterocycles. The van der Waals surface area contributed by atoms with E-state index in [1.54, 1.807) is 0 Å². The molecule has 0 N–H and O–H groups in total. The fraction of sp³-hybridized carbons (Fsp3) is 0.600. The van der Waals surface area contributed by atoms with Gasteiger partial charge in [-0.2, -0.15) is 6.42 Å². The van der Waals surface area contributed by atoms with Crippen LogP contribution >= 0.6 is 0 Å². The fourth-order valence-electron chi connectivity index (χ4n) is 0. The topological polar surface area (TPSA) is 0 Å². The first kappa shape index (κ1) is 15.9. The predicted octanol–water partition coefficient (Wildman–Crippen LogP) is 2.07. The molecule has 38 valence electrons. The first-order valence-corrected chi connectivity index (χ1v) is 1.71. The molecule has 6 heavy (non-hydrogen) atoms. The molecule has 1 heteroatoms. The van der Waals surface area contributed by atoms with Crippen LogP contribution in [0.2, 0.25) is 0 Å². The summed E-state index contributed by atoms with van der Waals surface area (Å²) in [6.45, 7) is 5.72. The molecule has 0 unspecified atom stereocenters. The van der Waals surface area contributed by atoms with Crippen LogP contribution in [0.4, 0.5) is 0 Å². The van der Waals surface area contributed by atoms with Gasteiger partial charge in [0, 0.05) is 0 Å². The molecule has 0 aliphatic carbocycles. The molecule has 0 bridgehead atoms. The second-order valence-electron chi connectivity index (χ2n) is 0.854. The van der Waals surface area contributed by atoms with Gasteiger partial charge in [0.2, 0.25) is 0 Å². The van der Waals surface area contributed by atoms with E-state index < -0.39 is 0 Å². The molecule has 0 saturated carbocycles. The summed E-state index contributed by atoms with van der Waals surface area (Å²) in [4.78, 5) is 0. The zero-order valence-corrected chi connectivity index (χ0v) is 7.46. The van der Waals surface area contributed by atoms with Crippen molar-refractivity contribution in [3.8, 4) is 0 Å². The van der Waals surface area contributed by atoms with Gasteiger partial charge in [0.25, 0.3) is 0 Å². The molecule has 0 spiro atoms. The Kier molecular flexibility index (Phi) is 45.9. The van der Waals surface area contributed by atoms with Gasteiger partial charge in [0.05, 0.1) is 0 Å². The van der Waals surface area contributed by atoms with E-state index in [1.807, 2.05) is 0 Å². The molecule has 0 saturated heterocycles. The average Bonchev–Trinajstić information content (AvgIpc) is 1.37. The van der Waals surface area contributed by atoms with Gasteiger partial charge in [-0.1, -0.05) is 13.3 Å². The molecule has 0 amide bonds. The minimum absolute atomic E-state index is 0. The van der Waals surface area contributed by atoms with Crippen molar-refractivity contribution in [2.24, 2.45) is 0 Å². The van der Waals surface area contributed by atoms with Crippen molar-refractivity contribution in [1.82, 2.24) is 0 Å². The van der Waals surface area contributed by atoms with E-state index in [0.29, 0.717) is 0 Å². The summed E-state index contributed by atoms with van der Waals surface area (Å²) in [5.74, 6) is 0. The Morgan fingerprint density at radius 2 is 1.67 bits per heavy atom. The normalized spacial score (nSPS) is 5.00. The van der Waals surface area contributed by atoms with Crippen molar-refractivity contribution in [2.75, 3.05) is 0 Å². The Labute approximate surface area is 55.6 Å². The summed E-state index contributed by atoms with van der Waals surface area (Å²) in [5.41, 5.74) is 0. The van der Waals surface area contributed by atoms with Crippen LogP contribution in [-0.2, 0) is 21.1 Å². The molecule has 0 aliphatic rings. The second-order valence-corrected chi connectivity index (χ2v) is 0.854. The maximum atomic E-state index is 3.60. The van der Waals surface area contributed by atoms with E-state index >= 15 is 0 Å². The first-order chi connectivity index (χ1) is 1.91. The van der Waals surface area contributed by atoms with Crippen LogP contribution in [0.3, 0.4) is 0 Å². The molecular weight excluding hydrogens is 244 g/mol. The molecule has 0 aliphatic heterocycles. The summed E-state index contributed by atoms with van der Waals surface area (Å²) in [6, 6.07) is 0. The molecule has 0 radical (unpaired) electrons. The summed E-state index contributed by atoms with van der Waals surface area (Å²) in [7, 11) is 0. The monoisotopic (exact) mass is 256 g/mol. The van der Waals surface area contributed by atoms with Gasteiger partial charge in [-0.15, -0.1) is 0 Å². The second kappa shape index (κ2) is 17.3. The van der Waals surface area contributed by atoms with Crippen molar-refractivity contribution in [2.45, 2.75) is 19.8 Å². The SMILES string of the molecule is [CH2-]CCC.[CH3-].[W+2]. The molecule has 0 atom stereocenters. The number of rotatable bonds is 1. The number of hydrogen-bond donors (Lipinski definition) is 0. The van der Waals surface area contributed by atoms with Crippen molar-refractivity contribution in [3.05, 3.63) is 14.4 Å². The van der Waals surface area contributed by atoms with E-state index in [1.165, 1.54) is 6.42 Å². The van der Waals surface area contributed by atoms with Gasteiger partial charge in [-0.25, -0.2) is 0 Å². The summed E-state index contributed by atoms with van der Waals surface area (Å²) >= 11 is 0. The van der Waals surface area contributed by atoms with Crippen molar-refractivity contribution in [1.29, 1.82) is 0 Å². The minimum Gasteiger partial charge on any atom is -0.358 e. The van der Waals surface area contributed by atoms with Crippen LogP contribution in [0, 0.1) is 14.4 Å². The van der Waals surface area contributed by atoms with Gasteiger partial charge in [0.1, 0.15) is 0 Å². The number of unbranched alkanes of at least 4 members (excludes halogenated alkanes) is 1. The molecular formula is C5H12W. The van der Waals surface area contributed by atoms with Crippen LogP contribution in [0.25, 0.3) is 0 Å². The van der Waals surface area contributed by atoms with Gasteiger partial charge < -0.3 is 14.4 Å². The Morgan fingerprint density at radius 3 is 1.67 bits per heavy atom. The van der Waals surface area contributed by atoms with E-state index in [2.05, 4.69) is 13.8 Å². The molecule has 0 nitrogen and oxygen atoms in total. The first-order valence-electron chi connectivity index (χ1n) is 1.71. The molecule has 0 rings (SSSR count). The maximum Gasteiger partial charge on any atom is 2.00 e. The fourth-order valence-corrected chi connectivity index (χ4v) is 0. The minimum atomic E-state index is 0. The summed E-state index contributed by atoms with van der Waals surface area (Å²) in [6.07, 6.45) is 2.28. The van der Waals surface area contributed by atoms with Gasteiger partial charge >= 0.3 is 21.1 Å². The van der Waals surface area contributed by atoms with Crippen LogP contribution in [0.5, 0.6) is 0 Å². The third-order valence-corrected chi connectivity index (χ3v) is 0.354. The van der Waals surface area contributed by atoms with Crippen LogP contribution in [0.1, 0.15) is 19.8 Å². The Morgan fingerprint density at radius 1 is 1.50 bits per heavy atom. The largest absolute Gasteiger partial charge is 2.00 e. The van der Waals surface area contributed by atoms with E-state index in [-0.39, 0.29) is 28.5 Å². The maximum absolute atomic E-state index is 3.60. The smallest absolute Gasteiger partial charge is 0.358 e. The Hall–Kier alpha value is 0.688. The standard InChI is InChI=1S/C4H9.CH3.W/c1-3-4-2;;/h1,3-4H2,2H3;1H3;/q2*-1;+2. The van der Waals surface area contributed by atoms with Crippen LogP contribution in [-0.4, -0.2) is 0 Å².